The standard InChI is InChI=1S/C12H10Br2N2OS/c1-7-5-15-3-2-8(7)6-16-12(17)9-4-10(13)18-11(9)14/h2-5H,6H2,1H3,(H,16,17). The fourth-order valence-corrected chi connectivity index (χ4v) is 4.26. The summed E-state index contributed by atoms with van der Waals surface area (Å²) in [6.07, 6.45) is 3.52. The van der Waals surface area contributed by atoms with Crippen molar-refractivity contribution in [2.45, 2.75) is 13.5 Å². The Hall–Kier alpha value is -0.720. The maximum atomic E-state index is 12.0. The molecular weight excluding hydrogens is 380 g/mol. The van der Waals surface area contributed by atoms with Gasteiger partial charge in [0.1, 0.15) is 0 Å². The van der Waals surface area contributed by atoms with Gasteiger partial charge in [0.15, 0.2) is 0 Å². The SMILES string of the molecule is Cc1cnccc1CNC(=O)c1cc(Br)sc1Br. The van der Waals surface area contributed by atoms with Crippen LogP contribution in [0.15, 0.2) is 32.1 Å². The highest BCUT2D eigenvalue weighted by molar-refractivity contribution is 9.12. The van der Waals surface area contributed by atoms with Crippen molar-refractivity contribution in [2.75, 3.05) is 0 Å². The minimum Gasteiger partial charge on any atom is -0.348 e. The van der Waals surface area contributed by atoms with Crippen LogP contribution in [0.2, 0.25) is 0 Å². The number of aryl methyl sites for hydroxylation is 1. The number of hydrogen-bond donors (Lipinski definition) is 1. The lowest BCUT2D eigenvalue weighted by atomic mass is 10.1. The van der Waals surface area contributed by atoms with E-state index in [9.17, 15) is 4.79 Å². The van der Waals surface area contributed by atoms with Crippen molar-refractivity contribution in [3.05, 3.63) is 48.8 Å². The summed E-state index contributed by atoms with van der Waals surface area (Å²) in [7, 11) is 0. The quantitative estimate of drug-likeness (QED) is 0.864. The van der Waals surface area contributed by atoms with Crippen LogP contribution in [-0.2, 0) is 6.54 Å². The first kappa shape index (κ1) is 13.7. The van der Waals surface area contributed by atoms with Gasteiger partial charge < -0.3 is 5.32 Å². The zero-order valence-electron chi connectivity index (χ0n) is 9.54. The van der Waals surface area contributed by atoms with E-state index in [0.29, 0.717) is 12.1 Å². The smallest absolute Gasteiger partial charge is 0.253 e. The fourth-order valence-electron chi connectivity index (χ4n) is 1.47. The third-order valence-corrected chi connectivity index (χ3v) is 4.82. The van der Waals surface area contributed by atoms with Gasteiger partial charge in [-0.15, -0.1) is 11.3 Å². The molecule has 1 amide bonds. The van der Waals surface area contributed by atoms with Crippen LogP contribution in [0.1, 0.15) is 21.5 Å². The number of pyridine rings is 1. The average molecular weight is 390 g/mol. The van der Waals surface area contributed by atoms with E-state index in [2.05, 4.69) is 42.2 Å². The van der Waals surface area contributed by atoms with Crippen LogP contribution in [0.3, 0.4) is 0 Å². The van der Waals surface area contributed by atoms with Gasteiger partial charge in [0.2, 0.25) is 0 Å². The Kier molecular flexibility index (Phi) is 4.53. The van der Waals surface area contributed by atoms with E-state index in [1.54, 1.807) is 12.4 Å². The van der Waals surface area contributed by atoms with E-state index < -0.39 is 0 Å². The molecule has 0 unspecified atom stereocenters. The fraction of sp³-hybridized carbons (Fsp3) is 0.167. The highest BCUT2D eigenvalue weighted by Gasteiger charge is 2.13. The van der Waals surface area contributed by atoms with E-state index in [-0.39, 0.29) is 5.91 Å². The number of amides is 1. The molecular formula is C12H10Br2N2OS. The second-order valence-corrected chi connectivity index (χ2v) is 7.47. The molecule has 0 fully saturated rings. The Morgan fingerprint density at radius 1 is 1.50 bits per heavy atom. The van der Waals surface area contributed by atoms with Gasteiger partial charge in [-0.3, -0.25) is 9.78 Å². The molecule has 3 nitrogen and oxygen atoms in total. The molecule has 0 aliphatic carbocycles. The topological polar surface area (TPSA) is 42.0 Å². The first-order valence-corrected chi connectivity index (χ1v) is 7.60. The molecule has 0 saturated carbocycles. The maximum absolute atomic E-state index is 12.0. The Bertz CT molecular complexity index is 583. The van der Waals surface area contributed by atoms with Crippen LogP contribution in [0.4, 0.5) is 0 Å². The summed E-state index contributed by atoms with van der Waals surface area (Å²) in [6.45, 7) is 2.48. The molecule has 1 N–H and O–H groups in total. The summed E-state index contributed by atoms with van der Waals surface area (Å²) in [4.78, 5) is 16.0. The Labute approximate surface area is 126 Å². The molecule has 0 aromatic carbocycles. The van der Waals surface area contributed by atoms with E-state index >= 15 is 0 Å². The van der Waals surface area contributed by atoms with Crippen molar-refractivity contribution >= 4 is 49.1 Å². The number of rotatable bonds is 3. The zero-order valence-corrected chi connectivity index (χ0v) is 13.5. The third kappa shape index (κ3) is 3.18. The number of nitrogens with one attached hydrogen (secondary N) is 1. The molecule has 2 rings (SSSR count). The number of thiophene rings is 1. The summed E-state index contributed by atoms with van der Waals surface area (Å²) >= 11 is 8.22. The normalized spacial score (nSPS) is 10.4. The predicted octanol–water partition coefficient (Wildman–Crippen LogP) is 3.91. The van der Waals surface area contributed by atoms with Crippen LogP contribution >= 0.6 is 43.2 Å². The van der Waals surface area contributed by atoms with Crippen molar-refractivity contribution < 1.29 is 4.79 Å². The van der Waals surface area contributed by atoms with E-state index in [1.807, 2.05) is 19.1 Å². The number of halogens is 2. The van der Waals surface area contributed by atoms with Crippen molar-refractivity contribution in [3.63, 3.8) is 0 Å². The zero-order chi connectivity index (χ0) is 13.1. The number of aromatic nitrogens is 1. The average Bonchev–Trinajstić information content (AvgIpc) is 2.67. The lowest BCUT2D eigenvalue weighted by Crippen LogP contribution is -2.23. The molecule has 0 atom stereocenters. The van der Waals surface area contributed by atoms with Crippen LogP contribution < -0.4 is 5.32 Å². The molecule has 2 aromatic heterocycles. The molecule has 2 heterocycles. The minimum absolute atomic E-state index is 0.0833. The Morgan fingerprint density at radius 3 is 2.89 bits per heavy atom. The molecule has 0 bridgehead atoms. The first-order valence-electron chi connectivity index (χ1n) is 5.20. The summed E-state index contributed by atoms with van der Waals surface area (Å²) in [5.74, 6) is -0.0833. The number of nitrogens with zero attached hydrogens (tertiary/aromatic N) is 1. The van der Waals surface area contributed by atoms with Gasteiger partial charge in [0.25, 0.3) is 5.91 Å². The molecule has 0 aliphatic rings. The Morgan fingerprint density at radius 2 is 2.28 bits per heavy atom. The van der Waals surface area contributed by atoms with Crippen LogP contribution in [0, 0.1) is 6.92 Å². The number of carbonyl (C=O) groups is 1. The summed E-state index contributed by atoms with van der Waals surface area (Å²) < 4.78 is 1.76. The van der Waals surface area contributed by atoms with Gasteiger partial charge in [-0.05, 0) is 62.0 Å². The number of hydrogen-bond acceptors (Lipinski definition) is 3. The van der Waals surface area contributed by atoms with E-state index in [4.69, 9.17) is 0 Å². The lowest BCUT2D eigenvalue weighted by molar-refractivity contribution is 0.0950. The maximum Gasteiger partial charge on any atom is 0.253 e. The van der Waals surface area contributed by atoms with Crippen molar-refractivity contribution in [1.82, 2.24) is 10.3 Å². The van der Waals surface area contributed by atoms with Gasteiger partial charge in [0.05, 0.1) is 13.1 Å². The monoisotopic (exact) mass is 388 g/mol. The molecule has 2 aromatic rings. The lowest BCUT2D eigenvalue weighted by Gasteiger charge is -2.06. The largest absolute Gasteiger partial charge is 0.348 e. The Balaban J connectivity index is 2.05. The molecule has 0 radical (unpaired) electrons. The third-order valence-electron chi connectivity index (χ3n) is 2.48. The highest BCUT2D eigenvalue weighted by Crippen LogP contribution is 2.31. The summed E-state index contributed by atoms with van der Waals surface area (Å²) in [5.41, 5.74) is 2.80. The van der Waals surface area contributed by atoms with E-state index in [1.165, 1.54) is 11.3 Å². The molecule has 6 heteroatoms. The second kappa shape index (κ2) is 5.95. The molecule has 0 spiro atoms. The predicted molar refractivity (Wildman–Crippen MR) is 79.9 cm³/mol. The van der Waals surface area contributed by atoms with Crippen molar-refractivity contribution in [1.29, 1.82) is 0 Å². The molecule has 18 heavy (non-hydrogen) atoms. The van der Waals surface area contributed by atoms with Crippen molar-refractivity contribution in [2.24, 2.45) is 0 Å². The van der Waals surface area contributed by atoms with Gasteiger partial charge in [-0.25, -0.2) is 0 Å². The van der Waals surface area contributed by atoms with Crippen LogP contribution in [-0.4, -0.2) is 10.9 Å². The second-order valence-electron chi connectivity index (χ2n) is 3.72. The van der Waals surface area contributed by atoms with Gasteiger partial charge >= 0.3 is 0 Å². The molecule has 94 valence electrons. The van der Waals surface area contributed by atoms with E-state index in [0.717, 1.165) is 18.7 Å². The van der Waals surface area contributed by atoms with Crippen LogP contribution in [0.25, 0.3) is 0 Å². The van der Waals surface area contributed by atoms with Crippen LogP contribution in [0.5, 0.6) is 0 Å². The van der Waals surface area contributed by atoms with Gasteiger partial charge in [-0.1, -0.05) is 0 Å². The summed E-state index contributed by atoms with van der Waals surface area (Å²) in [6, 6.07) is 3.72. The number of carbonyl (C=O) groups excluding carboxylic acids is 1. The molecule has 0 aliphatic heterocycles. The van der Waals surface area contributed by atoms with Gasteiger partial charge in [-0.2, -0.15) is 0 Å². The first-order chi connectivity index (χ1) is 8.58. The molecule has 0 saturated heterocycles. The van der Waals surface area contributed by atoms with Gasteiger partial charge in [0, 0.05) is 18.9 Å². The minimum atomic E-state index is -0.0833. The highest BCUT2D eigenvalue weighted by atomic mass is 79.9. The van der Waals surface area contributed by atoms with Crippen molar-refractivity contribution in [3.8, 4) is 0 Å². The summed E-state index contributed by atoms with van der Waals surface area (Å²) in [5, 5.41) is 2.90.